The summed E-state index contributed by atoms with van der Waals surface area (Å²) in [6.45, 7) is 5.03. The largest absolute Gasteiger partial charge is 0.336 e. The highest BCUT2D eigenvalue weighted by atomic mass is 16.2. The van der Waals surface area contributed by atoms with Crippen LogP contribution in [-0.4, -0.2) is 41.8 Å². The van der Waals surface area contributed by atoms with E-state index in [1.165, 1.54) is 11.1 Å². The Morgan fingerprint density at radius 2 is 2.05 bits per heavy atom. The summed E-state index contributed by atoms with van der Waals surface area (Å²) in [5.74, 6) is 0.0922. The van der Waals surface area contributed by atoms with Gasteiger partial charge in [-0.25, -0.2) is 0 Å². The van der Waals surface area contributed by atoms with E-state index in [9.17, 15) is 9.59 Å². The summed E-state index contributed by atoms with van der Waals surface area (Å²) in [5.41, 5.74) is 2.55. The minimum absolute atomic E-state index is 0.0364. The van der Waals surface area contributed by atoms with Crippen LogP contribution < -0.4 is 0 Å². The summed E-state index contributed by atoms with van der Waals surface area (Å²) in [6.07, 6.45) is 3.29. The Morgan fingerprint density at radius 1 is 1.32 bits per heavy atom. The van der Waals surface area contributed by atoms with E-state index >= 15 is 0 Å². The van der Waals surface area contributed by atoms with Crippen LogP contribution in [0.2, 0.25) is 0 Å². The number of likely N-dealkylation sites (N-methyl/N-ethyl adjacent to an activating group) is 1. The molecule has 1 aromatic carbocycles. The first-order chi connectivity index (χ1) is 10.5. The molecule has 1 heterocycles. The zero-order chi connectivity index (χ0) is 16.1. The first kappa shape index (κ1) is 16.5. The SMILES string of the molecule is CCCCC(=O)N(C)CC(=O)N1CCc2ccccc2C1C. The number of hydrogen-bond acceptors (Lipinski definition) is 2. The van der Waals surface area contributed by atoms with Crippen LogP contribution in [0, 0.1) is 0 Å². The molecule has 0 N–H and O–H groups in total. The maximum atomic E-state index is 12.5. The molecule has 0 bridgehead atoms. The molecule has 0 radical (unpaired) electrons. The van der Waals surface area contributed by atoms with Gasteiger partial charge < -0.3 is 9.80 Å². The van der Waals surface area contributed by atoms with E-state index in [0.717, 1.165) is 25.8 Å². The van der Waals surface area contributed by atoms with E-state index < -0.39 is 0 Å². The monoisotopic (exact) mass is 302 g/mol. The second-order valence-electron chi connectivity index (χ2n) is 6.07. The zero-order valence-corrected chi connectivity index (χ0v) is 13.8. The summed E-state index contributed by atoms with van der Waals surface area (Å²) < 4.78 is 0. The Kier molecular flexibility index (Phi) is 5.58. The molecule has 0 saturated heterocycles. The highest BCUT2D eigenvalue weighted by Gasteiger charge is 2.28. The fourth-order valence-corrected chi connectivity index (χ4v) is 3.01. The third-order valence-electron chi connectivity index (χ3n) is 4.46. The fourth-order valence-electron chi connectivity index (χ4n) is 3.01. The number of unbranched alkanes of at least 4 members (excludes halogenated alkanes) is 1. The van der Waals surface area contributed by atoms with Gasteiger partial charge in [-0.3, -0.25) is 9.59 Å². The standard InChI is InChI=1S/C18H26N2O2/c1-4-5-10-17(21)19(3)13-18(22)20-12-11-15-8-6-7-9-16(15)14(20)2/h6-9,14H,4-5,10-13H2,1-3H3. The summed E-state index contributed by atoms with van der Waals surface area (Å²) in [4.78, 5) is 27.9. The number of benzene rings is 1. The topological polar surface area (TPSA) is 40.6 Å². The Labute approximate surface area is 133 Å². The molecular weight excluding hydrogens is 276 g/mol. The number of rotatable bonds is 5. The Balaban J connectivity index is 1.98. The van der Waals surface area contributed by atoms with E-state index in [1.54, 1.807) is 11.9 Å². The average Bonchev–Trinajstić information content (AvgIpc) is 2.52. The minimum atomic E-state index is 0.0364. The van der Waals surface area contributed by atoms with Crippen LogP contribution in [0.4, 0.5) is 0 Å². The molecule has 0 aromatic heterocycles. The lowest BCUT2D eigenvalue weighted by molar-refractivity contribution is -0.141. The lowest BCUT2D eigenvalue weighted by atomic mass is 9.93. The zero-order valence-electron chi connectivity index (χ0n) is 13.8. The van der Waals surface area contributed by atoms with Gasteiger partial charge in [-0.15, -0.1) is 0 Å². The van der Waals surface area contributed by atoms with E-state index in [2.05, 4.69) is 26.0 Å². The van der Waals surface area contributed by atoms with Gasteiger partial charge in [-0.05, 0) is 30.9 Å². The first-order valence-corrected chi connectivity index (χ1v) is 8.15. The number of amides is 2. The quantitative estimate of drug-likeness (QED) is 0.839. The van der Waals surface area contributed by atoms with E-state index in [0.29, 0.717) is 6.42 Å². The maximum Gasteiger partial charge on any atom is 0.242 e. The van der Waals surface area contributed by atoms with Crippen LogP contribution in [0.3, 0.4) is 0 Å². The highest BCUT2D eigenvalue weighted by Crippen LogP contribution is 2.29. The Hall–Kier alpha value is -1.84. The molecule has 2 amide bonds. The number of nitrogens with zero attached hydrogens (tertiary/aromatic N) is 2. The van der Waals surface area contributed by atoms with Crippen molar-refractivity contribution in [2.75, 3.05) is 20.1 Å². The van der Waals surface area contributed by atoms with Gasteiger partial charge in [0.2, 0.25) is 11.8 Å². The number of carbonyl (C=O) groups is 2. The normalized spacial score (nSPS) is 17.0. The van der Waals surface area contributed by atoms with Gasteiger partial charge in [-0.2, -0.15) is 0 Å². The van der Waals surface area contributed by atoms with Crippen molar-refractivity contribution in [2.45, 2.75) is 45.6 Å². The van der Waals surface area contributed by atoms with Crippen LogP contribution in [0.25, 0.3) is 0 Å². The van der Waals surface area contributed by atoms with Crippen LogP contribution in [0.1, 0.15) is 50.3 Å². The molecule has 1 atom stereocenters. The maximum absolute atomic E-state index is 12.5. The number of fused-ring (bicyclic) bond motifs is 1. The van der Waals surface area contributed by atoms with Crippen molar-refractivity contribution < 1.29 is 9.59 Å². The molecule has 4 nitrogen and oxygen atoms in total. The van der Waals surface area contributed by atoms with Crippen molar-refractivity contribution in [1.82, 2.24) is 9.80 Å². The van der Waals surface area contributed by atoms with E-state index in [1.807, 2.05) is 17.0 Å². The summed E-state index contributed by atoms with van der Waals surface area (Å²) in [5, 5.41) is 0. The van der Waals surface area contributed by atoms with Crippen LogP contribution >= 0.6 is 0 Å². The van der Waals surface area contributed by atoms with Gasteiger partial charge in [0.15, 0.2) is 0 Å². The molecule has 1 aliphatic heterocycles. The fraction of sp³-hybridized carbons (Fsp3) is 0.556. The van der Waals surface area contributed by atoms with Crippen molar-refractivity contribution in [3.05, 3.63) is 35.4 Å². The Bertz CT molecular complexity index is 542. The Morgan fingerprint density at radius 3 is 2.77 bits per heavy atom. The smallest absolute Gasteiger partial charge is 0.242 e. The molecule has 120 valence electrons. The van der Waals surface area contributed by atoms with Crippen molar-refractivity contribution in [3.63, 3.8) is 0 Å². The highest BCUT2D eigenvalue weighted by molar-refractivity contribution is 5.85. The summed E-state index contributed by atoms with van der Waals surface area (Å²) >= 11 is 0. The predicted molar refractivity (Wildman–Crippen MR) is 87.4 cm³/mol. The molecule has 0 saturated carbocycles. The van der Waals surface area contributed by atoms with Crippen LogP contribution in [0.5, 0.6) is 0 Å². The van der Waals surface area contributed by atoms with Gasteiger partial charge in [0, 0.05) is 20.0 Å². The van der Waals surface area contributed by atoms with Crippen molar-refractivity contribution in [1.29, 1.82) is 0 Å². The molecule has 2 rings (SSSR count). The van der Waals surface area contributed by atoms with Crippen molar-refractivity contribution in [3.8, 4) is 0 Å². The molecule has 0 spiro atoms. The third kappa shape index (κ3) is 3.67. The van der Waals surface area contributed by atoms with Gasteiger partial charge in [0.25, 0.3) is 0 Å². The molecule has 1 unspecified atom stereocenters. The van der Waals surface area contributed by atoms with Crippen molar-refractivity contribution in [2.24, 2.45) is 0 Å². The number of hydrogen-bond donors (Lipinski definition) is 0. The molecule has 22 heavy (non-hydrogen) atoms. The van der Waals surface area contributed by atoms with Gasteiger partial charge in [0.05, 0.1) is 12.6 Å². The summed E-state index contributed by atoms with van der Waals surface area (Å²) in [6, 6.07) is 8.37. The summed E-state index contributed by atoms with van der Waals surface area (Å²) in [7, 11) is 1.72. The molecule has 0 fully saturated rings. The minimum Gasteiger partial charge on any atom is -0.336 e. The molecular formula is C18H26N2O2. The van der Waals surface area contributed by atoms with E-state index in [4.69, 9.17) is 0 Å². The van der Waals surface area contributed by atoms with Gasteiger partial charge in [-0.1, -0.05) is 37.6 Å². The van der Waals surface area contributed by atoms with Gasteiger partial charge >= 0.3 is 0 Å². The van der Waals surface area contributed by atoms with E-state index in [-0.39, 0.29) is 24.4 Å². The van der Waals surface area contributed by atoms with Crippen molar-refractivity contribution >= 4 is 11.8 Å². The lowest BCUT2D eigenvalue weighted by Crippen LogP contribution is -2.44. The molecule has 4 heteroatoms. The van der Waals surface area contributed by atoms with Crippen LogP contribution in [0.15, 0.2) is 24.3 Å². The predicted octanol–water partition coefficient (Wildman–Crippen LogP) is 2.78. The lowest BCUT2D eigenvalue weighted by Gasteiger charge is -2.36. The third-order valence-corrected chi connectivity index (χ3v) is 4.46. The molecule has 1 aromatic rings. The first-order valence-electron chi connectivity index (χ1n) is 8.15. The van der Waals surface area contributed by atoms with Crippen LogP contribution in [-0.2, 0) is 16.0 Å². The average molecular weight is 302 g/mol. The number of carbonyl (C=O) groups excluding carboxylic acids is 2. The second-order valence-corrected chi connectivity index (χ2v) is 6.07. The molecule has 1 aliphatic rings. The second kappa shape index (κ2) is 7.43. The molecule has 0 aliphatic carbocycles. The van der Waals surface area contributed by atoms with Gasteiger partial charge in [0.1, 0.15) is 0 Å².